The molecule has 0 radical (unpaired) electrons. The highest BCUT2D eigenvalue weighted by atomic mass is 35.5. The van der Waals surface area contributed by atoms with Crippen LogP contribution in [0.5, 0.6) is 0 Å². The van der Waals surface area contributed by atoms with E-state index in [0.29, 0.717) is 10.8 Å². The molecule has 0 aliphatic rings. The predicted octanol–water partition coefficient (Wildman–Crippen LogP) is 2.86. The molecule has 0 aliphatic carbocycles. The average molecular weight is 290 g/mol. The van der Waals surface area contributed by atoms with Gasteiger partial charge in [-0.2, -0.15) is 0 Å². The van der Waals surface area contributed by atoms with Crippen molar-refractivity contribution in [3.8, 4) is 11.4 Å². The Morgan fingerprint density at radius 3 is 2.40 bits per heavy atom. The summed E-state index contributed by atoms with van der Waals surface area (Å²) in [6, 6.07) is 8.10. The molecule has 2 rings (SSSR count). The van der Waals surface area contributed by atoms with Crippen LogP contribution in [-0.2, 0) is 11.2 Å². The molecule has 5 heteroatoms. The molecule has 1 aromatic carbocycles. The molecule has 1 amide bonds. The second kappa shape index (κ2) is 6.48. The number of carbonyl (C=O) groups excluding carboxylic acids is 1. The van der Waals surface area contributed by atoms with Crippen LogP contribution in [0, 0.1) is 0 Å². The minimum atomic E-state index is -0.0105. The number of carbonyl (C=O) groups is 1. The van der Waals surface area contributed by atoms with Gasteiger partial charge in [0, 0.05) is 30.9 Å². The third kappa shape index (κ3) is 4.03. The monoisotopic (exact) mass is 289 g/mol. The van der Waals surface area contributed by atoms with Crippen molar-refractivity contribution in [1.82, 2.24) is 15.3 Å². The Bertz CT molecular complexity index is 581. The number of benzene rings is 1. The molecular weight excluding hydrogens is 274 g/mol. The molecule has 1 aromatic heterocycles. The summed E-state index contributed by atoms with van der Waals surface area (Å²) in [6.45, 7) is 3.51. The quantitative estimate of drug-likeness (QED) is 0.941. The first-order valence-corrected chi connectivity index (χ1v) is 6.76. The zero-order chi connectivity index (χ0) is 14.5. The molecular formula is C15H16ClN3O. The summed E-state index contributed by atoms with van der Waals surface area (Å²) in [6.07, 6.45) is 3.95. The van der Waals surface area contributed by atoms with Crippen LogP contribution >= 0.6 is 11.6 Å². The Morgan fingerprint density at radius 1 is 1.25 bits per heavy atom. The summed E-state index contributed by atoms with van der Waals surface area (Å²) in [4.78, 5) is 19.3. The van der Waals surface area contributed by atoms with Crippen molar-refractivity contribution in [2.24, 2.45) is 0 Å². The molecule has 1 heterocycles. The Hall–Kier alpha value is -1.94. The van der Waals surface area contributed by atoms with Crippen molar-refractivity contribution in [1.29, 1.82) is 0 Å². The van der Waals surface area contributed by atoms with Crippen molar-refractivity contribution < 1.29 is 4.79 Å². The zero-order valence-electron chi connectivity index (χ0n) is 11.4. The van der Waals surface area contributed by atoms with E-state index in [2.05, 4.69) is 15.3 Å². The normalized spacial score (nSPS) is 11.9. The molecule has 1 unspecified atom stereocenters. The molecule has 104 valence electrons. The van der Waals surface area contributed by atoms with E-state index < -0.39 is 0 Å². The van der Waals surface area contributed by atoms with Crippen LogP contribution in [0.2, 0.25) is 5.02 Å². The van der Waals surface area contributed by atoms with Gasteiger partial charge in [-0.3, -0.25) is 4.79 Å². The zero-order valence-corrected chi connectivity index (χ0v) is 12.2. The first kappa shape index (κ1) is 14.5. The van der Waals surface area contributed by atoms with Gasteiger partial charge in [-0.25, -0.2) is 9.97 Å². The number of halogens is 1. The lowest BCUT2D eigenvalue weighted by Gasteiger charge is -2.12. The number of nitrogens with one attached hydrogen (secondary N) is 1. The summed E-state index contributed by atoms with van der Waals surface area (Å²) < 4.78 is 0. The van der Waals surface area contributed by atoms with Crippen LogP contribution in [0.25, 0.3) is 11.4 Å². The van der Waals surface area contributed by atoms with Gasteiger partial charge in [0.2, 0.25) is 5.91 Å². The number of amides is 1. The molecule has 0 spiro atoms. The predicted molar refractivity (Wildman–Crippen MR) is 79.5 cm³/mol. The summed E-state index contributed by atoms with van der Waals surface area (Å²) in [5.41, 5.74) is 2.10. The second-order valence-electron chi connectivity index (χ2n) is 4.73. The highest BCUT2D eigenvalue weighted by Crippen LogP contribution is 2.17. The highest BCUT2D eigenvalue weighted by Gasteiger charge is 2.06. The maximum Gasteiger partial charge on any atom is 0.217 e. The third-order valence-electron chi connectivity index (χ3n) is 2.82. The van der Waals surface area contributed by atoms with Gasteiger partial charge in [-0.15, -0.1) is 0 Å². The van der Waals surface area contributed by atoms with Gasteiger partial charge < -0.3 is 5.32 Å². The highest BCUT2D eigenvalue weighted by molar-refractivity contribution is 6.30. The van der Waals surface area contributed by atoms with E-state index in [9.17, 15) is 4.79 Å². The van der Waals surface area contributed by atoms with E-state index >= 15 is 0 Å². The number of nitrogens with zero attached hydrogens (tertiary/aromatic N) is 2. The summed E-state index contributed by atoms with van der Waals surface area (Å²) in [5.74, 6) is 0.638. The lowest BCUT2D eigenvalue weighted by molar-refractivity contribution is -0.119. The van der Waals surface area contributed by atoms with E-state index in [0.717, 1.165) is 17.5 Å². The molecule has 0 aliphatic heterocycles. The molecule has 4 nitrogen and oxygen atoms in total. The fourth-order valence-corrected chi connectivity index (χ4v) is 2.10. The average Bonchev–Trinajstić information content (AvgIpc) is 2.39. The van der Waals surface area contributed by atoms with Gasteiger partial charge in [0.15, 0.2) is 5.82 Å². The molecule has 1 atom stereocenters. The largest absolute Gasteiger partial charge is 0.354 e. The van der Waals surface area contributed by atoms with Gasteiger partial charge in [0.1, 0.15) is 0 Å². The van der Waals surface area contributed by atoms with Crippen molar-refractivity contribution in [3.63, 3.8) is 0 Å². The minimum Gasteiger partial charge on any atom is -0.354 e. The van der Waals surface area contributed by atoms with Gasteiger partial charge in [-0.1, -0.05) is 35.9 Å². The van der Waals surface area contributed by atoms with Crippen molar-refractivity contribution in [2.75, 3.05) is 0 Å². The summed E-state index contributed by atoms with van der Waals surface area (Å²) in [5, 5.41) is 3.39. The lowest BCUT2D eigenvalue weighted by atomic mass is 10.0. The van der Waals surface area contributed by atoms with Gasteiger partial charge >= 0.3 is 0 Å². The van der Waals surface area contributed by atoms with Crippen LogP contribution < -0.4 is 5.32 Å². The van der Waals surface area contributed by atoms with Crippen LogP contribution in [0.15, 0.2) is 36.7 Å². The topological polar surface area (TPSA) is 54.9 Å². The maximum atomic E-state index is 11.0. The van der Waals surface area contributed by atoms with E-state index in [1.807, 2.05) is 31.2 Å². The Labute approximate surface area is 123 Å². The standard InChI is InChI=1S/C15H16ClN3O/c1-10(19-11(2)20)7-12-3-5-13(6-4-12)15-17-8-14(16)9-18-15/h3-6,8-10H,7H2,1-2H3,(H,19,20). The molecule has 1 N–H and O–H groups in total. The lowest BCUT2D eigenvalue weighted by Crippen LogP contribution is -2.31. The van der Waals surface area contributed by atoms with Crippen LogP contribution in [-0.4, -0.2) is 21.9 Å². The van der Waals surface area contributed by atoms with Gasteiger partial charge in [0.05, 0.1) is 5.02 Å². The first-order chi connectivity index (χ1) is 9.54. The minimum absolute atomic E-state index is 0.0105. The van der Waals surface area contributed by atoms with E-state index in [1.54, 1.807) is 12.4 Å². The summed E-state index contributed by atoms with van der Waals surface area (Å²) >= 11 is 5.76. The number of hydrogen-bond acceptors (Lipinski definition) is 3. The Balaban J connectivity index is 2.06. The SMILES string of the molecule is CC(=O)NC(C)Cc1ccc(-c2ncc(Cl)cn2)cc1. The molecule has 2 aromatic rings. The summed E-state index contributed by atoms with van der Waals surface area (Å²) in [7, 11) is 0. The van der Waals surface area contributed by atoms with Crippen LogP contribution in [0.1, 0.15) is 19.4 Å². The van der Waals surface area contributed by atoms with Crippen LogP contribution in [0.3, 0.4) is 0 Å². The molecule has 0 saturated heterocycles. The van der Waals surface area contributed by atoms with E-state index in [4.69, 9.17) is 11.6 Å². The van der Waals surface area contributed by atoms with Gasteiger partial charge in [0.25, 0.3) is 0 Å². The molecule has 0 saturated carbocycles. The van der Waals surface area contributed by atoms with Gasteiger partial charge in [-0.05, 0) is 18.9 Å². The third-order valence-corrected chi connectivity index (χ3v) is 3.02. The fraction of sp³-hybridized carbons (Fsp3) is 0.267. The molecule has 20 heavy (non-hydrogen) atoms. The number of aromatic nitrogens is 2. The Kier molecular flexibility index (Phi) is 4.69. The first-order valence-electron chi connectivity index (χ1n) is 6.38. The smallest absolute Gasteiger partial charge is 0.217 e. The fourth-order valence-electron chi connectivity index (χ4n) is 2.00. The van der Waals surface area contributed by atoms with Crippen molar-refractivity contribution >= 4 is 17.5 Å². The number of rotatable bonds is 4. The second-order valence-corrected chi connectivity index (χ2v) is 5.16. The number of hydrogen-bond donors (Lipinski definition) is 1. The van der Waals surface area contributed by atoms with Crippen molar-refractivity contribution in [2.45, 2.75) is 26.3 Å². The Morgan fingerprint density at radius 2 is 1.85 bits per heavy atom. The molecule has 0 bridgehead atoms. The molecule has 0 fully saturated rings. The van der Waals surface area contributed by atoms with E-state index in [1.165, 1.54) is 6.92 Å². The van der Waals surface area contributed by atoms with E-state index in [-0.39, 0.29) is 11.9 Å². The van der Waals surface area contributed by atoms with Crippen LogP contribution in [0.4, 0.5) is 0 Å². The maximum absolute atomic E-state index is 11.0. The van der Waals surface area contributed by atoms with Crippen molar-refractivity contribution in [3.05, 3.63) is 47.2 Å².